The Balaban J connectivity index is 2.65. The van der Waals surface area contributed by atoms with E-state index in [9.17, 15) is 4.79 Å². The van der Waals surface area contributed by atoms with Crippen LogP contribution in [0.1, 0.15) is 35.9 Å². The largest absolute Gasteiger partial charge is 0.474 e. The van der Waals surface area contributed by atoms with Gasteiger partial charge in [-0.3, -0.25) is 9.78 Å². The van der Waals surface area contributed by atoms with E-state index in [0.29, 0.717) is 22.8 Å². The lowest BCUT2D eigenvalue weighted by Crippen LogP contribution is -2.18. The van der Waals surface area contributed by atoms with Crippen molar-refractivity contribution in [2.45, 2.75) is 33.8 Å². The molecule has 0 fully saturated rings. The van der Waals surface area contributed by atoms with Crippen molar-refractivity contribution < 1.29 is 9.53 Å². The summed E-state index contributed by atoms with van der Waals surface area (Å²) in [4.78, 5) is 24.1. The molecule has 0 radical (unpaired) electrons. The molecule has 0 saturated heterocycles. The van der Waals surface area contributed by atoms with Crippen molar-refractivity contribution in [2.24, 2.45) is 5.73 Å². The standard InChI is InChI=1S/C15H18N4O2/c1-8(2)21-15-12(11-7-5-6-9(3)17-11)10(4)18-14(19-15)13(16)20/h5-8H,1-4H3,(H2,16,20). The van der Waals surface area contributed by atoms with Crippen molar-refractivity contribution in [3.63, 3.8) is 0 Å². The van der Waals surface area contributed by atoms with Crippen LogP contribution in [0.3, 0.4) is 0 Å². The Kier molecular flexibility index (Phi) is 4.16. The van der Waals surface area contributed by atoms with Crippen LogP contribution < -0.4 is 10.5 Å². The van der Waals surface area contributed by atoms with Crippen molar-refractivity contribution in [1.29, 1.82) is 0 Å². The summed E-state index contributed by atoms with van der Waals surface area (Å²) in [6, 6.07) is 5.66. The van der Waals surface area contributed by atoms with Crippen LogP contribution in [0.5, 0.6) is 5.88 Å². The minimum atomic E-state index is -0.685. The van der Waals surface area contributed by atoms with E-state index in [1.54, 1.807) is 6.92 Å². The molecule has 2 N–H and O–H groups in total. The molecule has 2 aromatic rings. The van der Waals surface area contributed by atoms with Crippen LogP contribution in [0.15, 0.2) is 18.2 Å². The van der Waals surface area contributed by atoms with Crippen LogP contribution in [0, 0.1) is 13.8 Å². The van der Waals surface area contributed by atoms with Gasteiger partial charge in [-0.2, -0.15) is 4.98 Å². The SMILES string of the molecule is Cc1cccc(-c2c(C)nc(C(N)=O)nc2OC(C)C)n1. The van der Waals surface area contributed by atoms with Gasteiger partial charge in [0.15, 0.2) is 0 Å². The van der Waals surface area contributed by atoms with Gasteiger partial charge in [0.05, 0.1) is 23.1 Å². The summed E-state index contributed by atoms with van der Waals surface area (Å²) < 4.78 is 5.71. The lowest BCUT2D eigenvalue weighted by molar-refractivity contribution is 0.0988. The van der Waals surface area contributed by atoms with Crippen LogP contribution in [-0.4, -0.2) is 27.0 Å². The van der Waals surface area contributed by atoms with E-state index in [1.807, 2.05) is 39.0 Å². The first kappa shape index (κ1) is 14.9. The van der Waals surface area contributed by atoms with Gasteiger partial charge in [0.25, 0.3) is 5.91 Å². The van der Waals surface area contributed by atoms with Gasteiger partial charge in [-0.15, -0.1) is 0 Å². The fourth-order valence-electron chi connectivity index (χ4n) is 1.94. The second kappa shape index (κ2) is 5.87. The molecule has 21 heavy (non-hydrogen) atoms. The Hall–Kier alpha value is -2.50. The lowest BCUT2D eigenvalue weighted by atomic mass is 10.1. The minimum Gasteiger partial charge on any atom is -0.474 e. The number of aromatic nitrogens is 3. The molecule has 6 heteroatoms. The van der Waals surface area contributed by atoms with E-state index >= 15 is 0 Å². The summed E-state index contributed by atoms with van der Waals surface area (Å²) in [7, 11) is 0. The maximum absolute atomic E-state index is 11.3. The first-order chi connectivity index (χ1) is 9.88. The molecule has 6 nitrogen and oxygen atoms in total. The third-order valence-electron chi connectivity index (χ3n) is 2.77. The molecule has 2 aromatic heterocycles. The monoisotopic (exact) mass is 286 g/mol. The number of aryl methyl sites for hydroxylation is 2. The third kappa shape index (κ3) is 3.34. The average molecular weight is 286 g/mol. The van der Waals surface area contributed by atoms with Gasteiger partial charge in [0.1, 0.15) is 0 Å². The van der Waals surface area contributed by atoms with Gasteiger partial charge in [-0.05, 0) is 39.8 Å². The Morgan fingerprint density at radius 3 is 2.48 bits per heavy atom. The summed E-state index contributed by atoms with van der Waals surface area (Å²) in [5.74, 6) is -0.417. The zero-order valence-corrected chi connectivity index (χ0v) is 12.5. The van der Waals surface area contributed by atoms with E-state index in [2.05, 4.69) is 15.0 Å². The fraction of sp³-hybridized carbons (Fsp3) is 0.333. The summed E-state index contributed by atoms with van der Waals surface area (Å²) >= 11 is 0. The molecule has 0 aliphatic heterocycles. The molecule has 110 valence electrons. The molecule has 0 bridgehead atoms. The molecule has 0 aromatic carbocycles. The zero-order chi connectivity index (χ0) is 15.6. The van der Waals surface area contributed by atoms with Gasteiger partial charge >= 0.3 is 0 Å². The van der Waals surface area contributed by atoms with E-state index in [0.717, 1.165) is 5.69 Å². The summed E-state index contributed by atoms with van der Waals surface area (Å²) in [6.45, 7) is 7.45. The van der Waals surface area contributed by atoms with Crippen molar-refractivity contribution in [2.75, 3.05) is 0 Å². The Bertz CT molecular complexity index is 683. The van der Waals surface area contributed by atoms with E-state index in [4.69, 9.17) is 10.5 Å². The van der Waals surface area contributed by atoms with Crippen LogP contribution in [0.2, 0.25) is 0 Å². The lowest BCUT2D eigenvalue weighted by Gasteiger charge is -2.15. The van der Waals surface area contributed by atoms with Gasteiger partial charge < -0.3 is 10.5 Å². The maximum Gasteiger partial charge on any atom is 0.286 e. The molecule has 2 rings (SSSR count). The van der Waals surface area contributed by atoms with Crippen molar-refractivity contribution in [3.05, 3.63) is 35.4 Å². The van der Waals surface area contributed by atoms with E-state index in [1.165, 1.54) is 0 Å². The topological polar surface area (TPSA) is 91.0 Å². The highest BCUT2D eigenvalue weighted by Crippen LogP contribution is 2.30. The molecular formula is C15H18N4O2. The van der Waals surface area contributed by atoms with Crippen molar-refractivity contribution >= 4 is 5.91 Å². The average Bonchev–Trinajstić information content (AvgIpc) is 2.37. The second-order valence-electron chi connectivity index (χ2n) is 5.01. The molecule has 0 aliphatic rings. The van der Waals surface area contributed by atoms with Crippen LogP contribution in [-0.2, 0) is 0 Å². The van der Waals surface area contributed by atoms with E-state index in [-0.39, 0.29) is 11.9 Å². The number of primary amides is 1. The van der Waals surface area contributed by atoms with Crippen molar-refractivity contribution in [3.8, 4) is 17.1 Å². The Labute approximate surface area is 123 Å². The highest BCUT2D eigenvalue weighted by atomic mass is 16.5. The number of ether oxygens (including phenoxy) is 1. The first-order valence-corrected chi connectivity index (χ1v) is 6.67. The molecule has 0 saturated carbocycles. The Morgan fingerprint density at radius 1 is 1.19 bits per heavy atom. The predicted molar refractivity (Wildman–Crippen MR) is 79.0 cm³/mol. The number of carbonyl (C=O) groups is 1. The van der Waals surface area contributed by atoms with Crippen LogP contribution in [0.4, 0.5) is 0 Å². The number of nitrogens with zero attached hydrogens (tertiary/aromatic N) is 3. The molecule has 0 spiro atoms. The maximum atomic E-state index is 11.3. The normalized spacial score (nSPS) is 10.7. The highest BCUT2D eigenvalue weighted by Gasteiger charge is 2.19. The number of hydrogen-bond acceptors (Lipinski definition) is 5. The van der Waals surface area contributed by atoms with Gasteiger partial charge in [0, 0.05) is 5.69 Å². The molecule has 1 amide bonds. The third-order valence-corrected chi connectivity index (χ3v) is 2.77. The van der Waals surface area contributed by atoms with E-state index < -0.39 is 5.91 Å². The molecule has 0 aliphatic carbocycles. The predicted octanol–water partition coefficient (Wildman–Crippen LogP) is 2.04. The Morgan fingerprint density at radius 2 is 1.90 bits per heavy atom. The molecule has 0 atom stereocenters. The highest BCUT2D eigenvalue weighted by molar-refractivity contribution is 5.89. The molecule has 2 heterocycles. The number of hydrogen-bond donors (Lipinski definition) is 1. The fourth-order valence-corrected chi connectivity index (χ4v) is 1.94. The minimum absolute atomic E-state index is 0.0560. The van der Waals surface area contributed by atoms with Crippen LogP contribution >= 0.6 is 0 Å². The molecular weight excluding hydrogens is 268 g/mol. The number of nitrogens with two attached hydrogens (primary N) is 1. The smallest absolute Gasteiger partial charge is 0.286 e. The number of amides is 1. The molecule has 0 unspecified atom stereocenters. The number of rotatable bonds is 4. The van der Waals surface area contributed by atoms with Gasteiger partial charge in [-0.1, -0.05) is 6.07 Å². The number of pyridine rings is 1. The number of carbonyl (C=O) groups excluding carboxylic acids is 1. The quantitative estimate of drug-likeness (QED) is 0.928. The zero-order valence-electron chi connectivity index (χ0n) is 12.5. The summed E-state index contributed by atoms with van der Waals surface area (Å²) in [6.07, 6.45) is -0.0939. The van der Waals surface area contributed by atoms with Crippen LogP contribution in [0.25, 0.3) is 11.3 Å². The first-order valence-electron chi connectivity index (χ1n) is 6.67. The van der Waals surface area contributed by atoms with Crippen molar-refractivity contribution in [1.82, 2.24) is 15.0 Å². The van der Waals surface area contributed by atoms with Gasteiger partial charge in [-0.25, -0.2) is 4.98 Å². The van der Waals surface area contributed by atoms with Gasteiger partial charge in [0.2, 0.25) is 11.7 Å². The summed E-state index contributed by atoms with van der Waals surface area (Å²) in [5, 5.41) is 0. The second-order valence-corrected chi connectivity index (χ2v) is 5.01. The summed E-state index contributed by atoms with van der Waals surface area (Å²) in [5.41, 5.74) is 8.13.